The summed E-state index contributed by atoms with van der Waals surface area (Å²) >= 11 is 5.89. The third-order valence-corrected chi connectivity index (χ3v) is 6.36. The minimum atomic E-state index is 0.220. The van der Waals surface area contributed by atoms with Crippen LogP contribution in [-0.4, -0.2) is 36.7 Å². The van der Waals surface area contributed by atoms with E-state index in [1.165, 1.54) is 5.56 Å². The number of halogens is 1. The number of benzene rings is 1. The fraction of sp³-hybridized carbons (Fsp3) is 0.522. The van der Waals surface area contributed by atoms with Gasteiger partial charge in [0.1, 0.15) is 5.82 Å². The van der Waals surface area contributed by atoms with Crippen LogP contribution in [-0.2, 0) is 0 Å². The number of nitrogens with zero attached hydrogens (tertiary/aromatic N) is 4. The number of imidazole rings is 1. The molecule has 0 saturated heterocycles. The second-order valence-electron chi connectivity index (χ2n) is 8.30. The van der Waals surface area contributed by atoms with E-state index in [4.69, 9.17) is 16.6 Å². The van der Waals surface area contributed by atoms with Crippen LogP contribution in [0.4, 0.5) is 5.95 Å². The van der Waals surface area contributed by atoms with Gasteiger partial charge in [0.25, 0.3) is 0 Å². The molecule has 1 aliphatic carbocycles. The van der Waals surface area contributed by atoms with Crippen molar-refractivity contribution in [2.24, 2.45) is 0 Å². The topological polar surface area (TPSA) is 71.4 Å². The third-order valence-electron chi connectivity index (χ3n) is 6.09. The van der Waals surface area contributed by atoms with Crippen LogP contribution < -0.4 is 5.32 Å². The molecule has 0 bridgehead atoms. The van der Waals surface area contributed by atoms with E-state index in [9.17, 15) is 0 Å². The highest BCUT2D eigenvalue weighted by molar-refractivity contribution is 6.17. The smallest absolute Gasteiger partial charge is 0.242 e. The lowest BCUT2D eigenvalue weighted by Crippen LogP contribution is -2.27. The Morgan fingerprint density at radius 2 is 1.97 bits per heavy atom. The minimum absolute atomic E-state index is 0.220. The van der Waals surface area contributed by atoms with E-state index in [-0.39, 0.29) is 5.92 Å². The Balaban J connectivity index is 1.37. The first kappa shape index (κ1) is 20.9. The molecule has 1 aliphatic rings. The van der Waals surface area contributed by atoms with E-state index in [0.717, 1.165) is 56.5 Å². The number of hydrogen-bond acceptors (Lipinski definition) is 4. The fourth-order valence-electron chi connectivity index (χ4n) is 4.42. The summed E-state index contributed by atoms with van der Waals surface area (Å²) in [5.74, 6) is 2.56. The number of aromatic amines is 1. The number of unbranched alkanes of at least 4 members (excludes halogenated alkanes) is 1. The van der Waals surface area contributed by atoms with Gasteiger partial charge < -0.3 is 9.88 Å². The standard InChI is InChI=1S/C23H31ClN6/c1-17-15-30(16-25-17)20-12-10-19(11-13-20)26-23-27-22(28-29-23)21(9-5-6-14-24)18-7-3-2-4-8-18/h2-4,7-8,15-16,19-21H,5-6,9-14H2,1H3,(H2,26,27,28,29). The Labute approximate surface area is 183 Å². The van der Waals surface area contributed by atoms with Gasteiger partial charge in [-0.1, -0.05) is 36.8 Å². The van der Waals surface area contributed by atoms with Gasteiger partial charge in [0.05, 0.1) is 12.0 Å². The first-order valence-electron chi connectivity index (χ1n) is 11.0. The highest BCUT2D eigenvalue weighted by atomic mass is 35.5. The molecule has 1 fully saturated rings. The van der Waals surface area contributed by atoms with E-state index < -0.39 is 0 Å². The van der Waals surface area contributed by atoms with E-state index in [1.54, 1.807) is 0 Å². The summed E-state index contributed by atoms with van der Waals surface area (Å²) in [6.07, 6.45) is 11.7. The molecule has 0 radical (unpaired) electrons. The van der Waals surface area contributed by atoms with Gasteiger partial charge in [-0.15, -0.1) is 16.7 Å². The van der Waals surface area contributed by atoms with Crippen molar-refractivity contribution in [2.45, 2.75) is 69.9 Å². The number of alkyl halides is 1. The van der Waals surface area contributed by atoms with Gasteiger partial charge in [-0.3, -0.25) is 5.10 Å². The van der Waals surface area contributed by atoms with Crippen molar-refractivity contribution in [3.05, 3.63) is 59.9 Å². The third kappa shape index (κ3) is 5.22. The number of aromatic nitrogens is 5. The highest BCUT2D eigenvalue weighted by Gasteiger charge is 2.24. The Morgan fingerprint density at radius 1 is 1.17 bits per heavy atom. The molecule has 1 saturated carbocycles. The predicted octanol–water partition coefficient (Wildman–Crippen LogP) is 5.45. The van der Waals surface area contributed by atoms with E-state index >= 15 is 0 Å². The molecule has 0 aliphatic heterocycles. The van der Waals surface area contributed by atoms with E-state index in [1.807, 2.05) is 19.3 Å². The van der Waals surface area contributed by atoms with Crippen LogP contribution in [0.1, 0.15) is 74.0 Å². The van der Waals surface area contributed by atoms with Crippen molar-refractivity contribution in [1.82, 2.24) is 24.7 Å². The lowest BCUT2D eigenvalue weighted by molar-refractivity contribution is 0.333. The Kier molecular flexibility index (Phi) is 7.05. The van der Waals surface area contributed by atoms with Crippen LogP contribution in [0.25, 0.3) is 0 Å². The number of aryl methyl sites for hydroxylation is 1. The molecule has 7 heteroatoms. The molecule has 0 amide bonds. The first-order valence-corrected chi connectivity index (χ1v) is 11.6. The minimum Gasteiger partial charge on any atom is -0.350 e. The maximum atomic E-state index is 5.89. The zero-order valence-corrected chi connectivity index (χ0v) is 18.4. The number of H-pyrrole nitrogens is 1. The summed E-state index contributed by atoms with van der Waals surface area (Å²) < 4.78 is 2.27. The summed E-state index contributed by atoms with van der Waals surface area (Å²) in [5.41, 5.74) is 2.36. The second kappa shape index (κ2) is 10.1. The highest BCUT2D eigenvalue weighted by Crippen LogP contribution is 2.31. The van der Waals surface area contributed by atoms with Crippen molar-refractivity contribution < 1.29 is 0 Å². The molecule has 2 aromatic heterocycles. The monoisotopic (exact) mass is 426 g/mol. The molecule has 2 N–H and O–H groups in total. The van der Waals surface area contributed by atoms with Crippen LogP contribution in [0.5, 0.6) is 0 Å². The number of hydrogen-bond donors (Lipinski definition) is 2. The van der Waals surface area contributed by atoms with Gasteiger partial charge in [-0.2, -0.15) is 4.98 Å². The normalized spacial score (nSPS) is 20.2. The predicted molar refractivity (Wildman–Crippen MR) is 121 cm³/mol. The van der Waals surface area contributed by atoms with Gasteiger partial charge in [0.15, 0.2) is 0 Å². The Hall–Kier alpha value is -2.34. The molecule has 1 atom stereocenters. The Morgan fingerprint density at radius 3 is 2.67 bits per heavy atom. The average Bonchev–Trinajstić information content (AvgIpc) is 3.42. The van der Waals surface area contributed by atoms with Crippen LogP contribution in [0.15, 0.2) is 42.9 Å². The number of anilines is 1. The van der Waals surface area contributed by atoms with E-state index in [2.05, 4.69) is 55.5 Å². The maximum Gasteiger partial charge on any atom is 0.242 e. The quantitative estimate of drug-likeness (QED) is 0.352. The summed E-state index contributed by atoms with van der Waals surface area (Å²) in [6.45, 7) is 2.04. The van der Waals surface area contributed by atoms with Gasteiger partial charge in [0, 0.05) is 30.1 Å². The average molecular weight is 427 g/mol. The zero-order chi connectivity index (χ0) is 20.8. The second-order valence-corrected chi connectivity index (χ2v) is 8.68. The number of rotatable bonds is 9. The molecule has 0 spiro atoms. The molecule has 1 unspecified atom stereocenters. The van der Waals surface area contributed by atoms with Gasteiger partial charge in [-0.05, 0) is 51.0 Å². The van der Waals surface area contributed by atoms with Crippen molar-refractivity contribution in [3.8, 4) is 0 Å². The summed E-state index contributed by atoms with van der Waals surface area (Å²) in [7, 11) is 0. The summed E-state index contributed by atoms with van der Waals surface area (Å²) in [5, 5.41) is 11.2. The van der Waals surface area contributed by atoms with E-state index in [0.29, 0.717) is 23.9 Å². The fourth-order valence-corrected chi connectivity index (χ4v) is 4.61. The SMILES string of the molecule is Cc1cn(C2CCC(Nc3n[nH]c(C(CCCCCl)c4ccccc4)n3)CC2)cn1. The van der Waals surface area contributed by atoms with Gasteiger partial charge in [0.2, 0.25) is 5.95 Å². The number of nitrogens with one attached hydrogen (secondary N) is 2. The lowest BCUT2D eigenvalue weighted by atomic mass is 9.91. The molecule has 160 valence electrons. The van der Waals surface area contributed by atoms with Crippen LogP contribution in [0, 0.1) is 6.92 Å². The van der Waals surface area contributed by atoms with Crippen LogP contribution in [0.3, 0.4) is 0 Å². The maximum absolute atomic E-state index is 5.89. The first-order chi connectivity index (χ1) is 14.7. The molecule has 6 nitrogen and oxygen atoms in total. The van der Waals surface area contributed by atoms with Crippen molar-refractivity contribution in [3.63, 3.8) is 0 Å². The lowest BCUT2D eigenvalue weighted by Gasteiger charge is -2.29. The molecule has 4 rings (SSSR count). The Bertz CT molecular complexity index is 897. The van der Waals surface area contributed by atoms with Crippen LogP contribution >= 0.6 is 11.6 Å². The van der Waals surface area contributed by atoms with Crippen molar-refractivity contribution in [1.29, 1.82) is 0 Å². The van der Waals surface area contributed by atoms with Gasteiger partial charge in [-0.25, -0.2) is 4.98 Å². The molecule has 1 aromatic carbocycles. The molecular formula is C23H31ClN6. The molecule has 30 heavy (non-hydrogen) atoms. The van der Waals surface area contributed by atoms with Gasteiger partial charge >= 0.3 is 0 Å². The van der Waals surface area contributed by atoms with Crippen molar-refractivity contribution >= 4 is 17.5 Å². The molecule has 3 aromatic rings. The molecular weight excluding hydrogens is 396 g/mol. The molecule has 2 heterocycles. The van der Waals surface area contributed by atoms with Crippen LogP contribution in [0.2, 0.25) is 0 Å². The summed E-state index contributed by atoms with van der Waals surface area (Å²) in [4.78, 5) is 9.18. The summed E-state index contributed by atoms with van der Waals surface area (Å²) in [6, 6.07) is 11.5. The van der Waals surface area contributed by atoms with Crippen molar-refractivity contribution in [2.75, 3.05) is 11.2 Å². The zero-order valence-electron chi connectivity index (χ0n) is 17.6. The largest absolute Gasteiger partial charge is 0.350 e.